The summed E-state index contributed by atoms with van der Waals surface area (Å²) < 4.78 is 0. The van der Waals surface area contributed by atoms with Crippen LogP contribution in [-0.2, 0) is 0 Å². The molecular weight excluding hydrogens is 210 g/mol. The van der Waals surface area contributed by atoms with E-state index in [2.05, 4.69) is 16.8 Å². The summed E-state index contributed by atoms with van der Waals surface area (Å²) in [5, 5.41) is 9.36. The molecule has 80 valence electrons. The number of nitrogens with zero attached hydrogens (tertiary/aromatic N) is 3. The Morgan fingerprint density at radius 3 is 2.73 bits per heavy atom. The summed E-state index contributed by atoms with van der Waals surface area (Å²) in [6, 6.07) is 5.37. The molecule has 0 aliphatic heterocycles. The van der Waals surface area contributed by atoms with Crippen LogP contribution in [0.4, 0.5) is 5.82 Å². The molecule has 0 saturated carbocycles. The standard InChI is InChI=1S/C11H14ClN3/c1-3-7-15(4-2)11-10(12)6-5-9(8-13)14-11/h5-6H,3-4,7H2,1-2H3. The molecular formula is C11H14ClN3. The van der Waals surface area contributed by atoms with Crippen molar-refractivity contribution in [1.29, 1.82) is 5.26 Å². The molecule has 1 heterocycles. The van der Waals surface area contributed by atoms with Crippen LogP contribution in [0.3, 0.4) is 0 Å². The summed E-state index contributed by atoms with van der Waals surface area (Å²) in [6.07, 6.45) is 1.03. The summed E-state index contributed by atoms with van der Waals surface area (Å²) in [5.41, 5.74) is 0.406. The fraction of sp³-hybridized carbons (Fsp3) is 0.455. The summed E-state index contributed by atoms with van der Waals surface area (Å²) in [4.78, 5) is 6.29. The van der Waals surface area contributed by atoms with Crippen LogP contribution < -0.4 is 4.90 Å². The quantitative estimate of drug-likeness (QED) is 0.788. The van der Waals surface area contributed by atoms with E-state index in [1.54, 1.807) is 12.1 Å². The summed E-state index contributed by atoms with van der Waals surface area (Å²) in [7, 11) is 0. The van der Waals surface area contributed by atoms with Gasteiger partial charge < -0.3 is 4.90 Å². The van der Waals surface area contributed by atoms with Crippen molar-refractivity contribution in [2.24, 2.45) is 0 Å². The number of hydrogen-bond acceptors (Lipinski definition) is 3. The van der Waals surface area contributed by atoms with Crippen LogP contribution in [0, 0.1) is 11.3 Å². The van der Waals surface area contributed by atoms with Crippen molar-refractivity contribution in [1.82, 2.24) is 4.98 Å². The third-order valence-corrected chi connectivity index (χ3v) is 2.41. The molecule has 1 aromatic heterocycles. The molecule has 0 aliphatic rings. The number of anilines is 1. The van der Waals surface area contributed by atoms with Crippen molar-refractivity contribution in [3.05, 3.63) is 22.8 Å². The maximum atomic E-state index is 8.76. The van der Waals surface area contributed by atoms with Gasteiger partial charge in [0.15, 0.2) is 0 Å². The maximum absolute atomic E-state index is 8.76. The number of nitriles is 1. The number of aromatic nitrogens is 1. The van der Waals surface area contributed by atoms with E-state index in [0.717, 1.165) is 19.5 Å². The fourth-order valence-electron chi connectivity index (χ4n) is 1.40. The van der Waals surface area contributed by atoms with E-state index < -0.39 is 0 Å². The Balaban J connectivity index is 3.05. The molecule has 0 aromatic carbocycles. The Morgan fingerprint density at radius 2 is 2.20 bits per heavy atom. The van der Waals surface area contributed by atoms with Crippen LogP contribution in [0.1, 0.15) is 26.0 Å². The first-order valence-corrected chi connectivity index (χ1v) is 5.42. The third kappa shape index (κ3) is 2.84. The zero-order valence-electron chi connectivity index (χ0n) is 9.00. The molecule has 0 saturated heterocycles. The van der Waals surface area contributed by atoms with E-state index in [-0.39, 0.29) is 0 Å². The van der Waals surface area contributed by atoms with Gasteiger partial charge in [0, 0.05) is 13.1 Å². The van der Waals surface area contributed by atoms with Crippen LogP contribution >= 0.6 is 11.6 Å². The van der Waals surface area contributed by atoms with Crippen molar-refractivity contribution in [2.45, 2.75) is 20.3 Å². The zero-order valence-corrected chi connectivity index (χ0v) is 9.75. The largest absolute Gasteiger partial charge is 0.356 e. The second-order valence-corrected chi connectivity index (χ2v) is 3.60. The number of rotatable bonds is 4. The molecule has 0 radical (unpaired) electrons. The minimum atomic E-state index is 0.406. The van der Waals surface area contributed by atoms with Crippen LogP contribution in [0.25, 0.3) is 0 Å². The molecule has 1 rings (SSSR count). The number of hydrogen-bond donors (Lipinski definition) is 0. The van der Waals surface area contributed by atoms with Crippen molar-refractivity contribution in [3.63, 3.8) is 0 Å². The van der Waals surface area contributed by atoms with Crippen LogP contribution in [0.15, 0.2) is 12.1 Å². The minimum Gasteiger partial charge on any atom is -0.356 e. The predicted molar refractivity (Wildman–Crippen MR) is 62.1 cm³/mol. The molecule has 0 bridgehead atoms. The summed E-state index contributed by atoms with van der Waals surface area (Å²) in [5.74, 6) is 0.708. The lowest BCUT2D eigenvalue weighted by Crippen LogP contribution is -2.25. The van der Waals surface area contributed by atoms with Gasteiger partial charge in [0.1, 0.15) is 17.6 Å². The minimum absolute atomic E-state index is 0.406. The molecule has 0 N–H and O–H groups in total. The van der Waals surface area contributed by atoms with Crippen LogP contribution in [-0.4, -0.2) is 18.1 Å². The van der Waals surface area contributed by atoms with Gasteiger partial charge in [-0.15, -0.1) is 0 Å². The van der Waals surface area contributed by atoms with Crippen molar-refractivity contribution < 1.29 is 0 Å². The smallest absolute Gasteiger partial charge is 0.148 e. The van der Waals surface area contributed by atoms with Gasteiger partial charge in [0.05, 0.1) is 5.02 Å². The highest BCUT2D eigenvalue weighted by Crippen LogP contribution is 2.23. The monoisotopic (exact) mass is 223 g/mol. The van der Waals surface area contributed by atoms with Gasteiger partial charge in [-0.1, -0.05) is 18.5 Å². The van der Waals surface area contributed by atoms with Crippen molar-refractivity contribution in [3.8, 4) is 6.07 Å². The first-order chi connectivity index (χ1) is 7.22. The van der Waals surface area contributed by atoms with E-state index in [0.29, 0.717) is 16.5 Å². The van der Waals surface area contributed by atoms with Crippen molar-refractivity contribution >= 4 is 17.4 Å². The van der Waals surface area contributed by atoms with Crippen LogP contribution in [0.5, 0.6) is 0 Å². The van der Waals surface area contributed by atoms with Gasteiger partial charge in [-0.3, -0.25) is 0 Å². The fourth-order valence-corrected chi connectivity index (χ4v) is 1.62. The highest BCUT2D eigenvalue weighted by Gasteiger charge is 2.10. The highest BCUT2D eigenvalue weighted by atomic mass is 35.5. The topological polar surface area (TPSA) is 39.9 Å². The molecule has 0 aliphatic carbocycles. The normalized spacial score (nSPS) is 9.73. The molecule has 0 fully saturated rings. The van der Waals surface area contributed by atoms with Gasteiger partial charge in [0.25, 0.3) is 0 Å². The molecule has 3 nitrogen and oxygen atoms in total. The average molecular weight is 224 g/mol. The molecule has 15 heavy (non-hydrogen) atoms. The third-order valence-electron chi connectivity index (χ3n) is 2.12. The first kappa shape index (κ1) is 11.8. The van der Waals surface area contributed by atoms with Gasteiger partial charge in [-0.2, -0.15) is 5.26 Å². The maximum Gasteiger partial charge on any atom is 0.148 e. The SMILES string of the molecule is CCCN(CC)c1nc(C#N)ccc1Cl. The average Bonchev–Trinajstić information content (AvgIpc) is 2.27. The number of pyridine rings is 1. The second-order valence-electron chi connectivity index (χ2n) is 3.19. The lowest BCUT2D eigenvalue weighted by atomic mass is 10.3. The summed E-state index contributed by atoms with van der Waals surface area (Å²) >= 11 is 6.05. The molecule has 0 spiro atoms. The van der Waals surface area contributed by atoms with Gasteiger partial charge in [-0.05, 0) is 25.5 Å². The first-order valence-electron chi connectivity index (χ1n) is 5.04. The van der Waals surface area contributed by atoms with E-state index in [1.807, 2.05) is 13.0 Å². The Kier molecular flexibility index (Phi) is 4.38. The Morgan fingerprint density at radius 1 is 1.47 bits per heavy atom. The van der Waals surface area contributed by atoms with E-state index in [4.69, 9.17) is 16.9 Å². The van der Waals surface area contributed by atoms with Gasteiger partial charge >= 0.3 is 0 Å². The van der Waals surface area contributed by atoms with Crippen LogP contribution in [0.2, 0.25) is 5.02 Å². The number of halogens is 1. The summed E-state index contributed by atoms with van der Waals surface area (Å²) in [6.45, 7) is 5.89. The molecule has 0 atom stereocenters. The van der Waals surface area contributed by atoms with E-state index in [1.165, 1.54) is 0 Å². The Bertz CT molecular complexity index is 371. The lowest BCUT2D eigenvalue weighted by molar-refractivity contribution is 0.778. The Hall–Kier alpha value is -1.27. The predicted octanol–water partition coefficient (Wildman–Crippen LogP) is 2.84. The molecule has 4 heteroatoms. The van der Waals surface area contributed by atoms with Gasteiger partial charge in [-0.25, -0.2) is 4.98 Å². The van der Waals surface area contributed by atoms with Crippen molar-refractivity contribution in [2.75, 3.05) is 18.0 Å². The Labute approximate surface area is 95.3 Å². The highest BCUT2D eigenvalue weighted by molar-refractivity contribution is 6.32. The zero-order chi connectivity index (χ0) is 11.3. The molecule has 1 aromatic rings. The van der Waals surface area contributed by atoms with E-state index >= 15 is 0 Å². The van der Waals surface area contributed by atoms with Gasteiger partial charge in [0.2, 0.25) is 0 Å². The second kappa shape index (κ2) is 5.57. The molecule has 0 amide bonds. The lowest BCUT2D eigenvalue weighted by Gasteiger charge is -2.22. The van der Waals surface area contributed by atoms with E-state index in [9.17, 15) is 0 Å². The molecule has 0 unspecified atom stereocenters.